The van der Waals surface area contributed by atoms with Crippen molar-refractivity contribution in [3.8, 4) is 5.75 Å². The van der Waals surface area contributed by atoms with E-state index in [-0.39, 0.29) is 24.3 Å². The van der Waals surface area contributed by atoms with Crippen molar-refractivity contribution >= 4 is 18.0 Å². The molecule has 25 heavy (non-hydrogen) atoms. The van der Waals surface area contributed by atoms with Crippen molar-refractivity contribution in [3.63, 3.8) is 0 Å². The minimum absolute atomic E-state index is 0.0565. The Hall–Kier alpha value is -2.30. The van der Waals surface area contributed by atoms with E-state index >= 15 is 0 Å². The summed E-state index contributed by atoms with van der Waals surface area (Å²) in [6.45, 7) is 2.56. The fourth-order valence-electron chi connectivity index (χ4n) is 3.14. The molecule has 0 radical (unpaired) electrons. The van der Waals surface area contributed by atoms with E-state index in [0.717, 1.165) is 37.0 Å². The molecule has 2 rings (SSSR count). The Morgan fingerprint density at radius 2 is 2.04 bits per heavy atom. The molecule has 1 aromatic carbocycles. The van der Waals surface area contributed by atoms with E-state index in [2.05, 4.69) is 0 Å². The fraction of sp³-hybridized carbons (Fsp3) is 0.500. The average Bonchev–Trinajstić information content (AvgIpc) is 3.15. The van der Waals surface area contributed by atoms with E-state index in [1.807, 2.05) is 29.2 Å². The molecule has 0 atom stereocenters. The van der Waals surface area contributed by atoms with Crippen molar-refractivity contribution in [2.75, 3.05) is 20.3 Å². The molecule has 136 valence electrons. The molecule has 1 aromatic rings. The number of carbonyl (C=O) groups excluding carboxylic acids is 2. The first kappa shape index (κ1) is 19.0. The van der Waals surface area contributed by atoms with Gasteiger partial charge in [0.15, 0.2) is 0 Å². The van der Waals surface area contributed by atoms with Gasteiger partial charge in [-0.3, -0.25) is 9.59 Å². The number of ether oxygens (including phenoxy) is 2. The van der Waals surface area contributed by atoms with Crippen molar-refractivity contribution < 1.29 is 19.1 Å². The van der Waals surface area contributed by atoms with Crippen LogP contribution in [0.2, 0.25) is 0 Å². The van der Waals surface area contributed by atoms with Gasteiger partial charge in [0, 0.05) is 18.7 Å². The van der Waals surface area contributed by atoms with Crippen LogP contribution in [0.1, 0.15) is 44.6 Å². The summed E-state index contributed by atoms with van der Waals surface area (Å²) in [7, 11) is 1.62. The van der Waals surface area contributed by atoms with Gasteiger partial charge < -0.3 is 14.4 Å². The third kappa shape index (κ3) is 5.93. The third-order valence-corrected chi connectivity index (χ3v) is 4.42. The molecule has 1 aliphatic carbocycles. The van der Waals surface area contributed by atoms with Crippen LogP contribution in [-0.2, 0) is 14.3 Å². The maximum absolute atomic E-state index is 12.7. The van der Waals surface area contributed by atoms with Gasteiger partial charge in [-0.1, -0.05) is 25.0 Å². The van der Waals surface area contributed by atoms with Gasteiger partial charge in [-0.15, -0.1) is 0 Å². The quantitative estimate of drug-likeness (QED) is 0.535. The van der Waals surface area contributed by atoms with E-state index in [4.69, 9.17) is 9.47 Å². The van der Waals surface area contributed by atoms with E-state index in [1.165, 1.54) is 0 Å². The third-order valence-electron chi connectivity index (χ3n) is 4.42. The van der Waals surface area contributed by atoms with Crippen LogP contribution in [0.5, 0.6) is 5.75 Å². The summed E-state index contributed by atoms with van der Waals surface area (Å²) in [6, 6.07) is 7.77. The van der Waals surface area contributed by atoms with Crippen LogP contribution in [0.4, 0.5) is 0 Å². The lowest BCUT2D eigenvalue weighted by atomic mass is 10.1. The Morgan fingerprint density at radius 1 is 1.28 bits per heavy atom. The van der Waals surface area contributed by atoms with E-state index in [1.54, 1.807) is 26.2 Å². The van der Waals surface area contributed by atoms with Crippen molar-refractivity contribution in [2.45, 2.75) is 45.1 Å². The Labute approximate surface area is 149 Å². The van der Waals surface area contributed by atoms with Crippen molar-refractivity contribution in [1.82, 2.24) is 4.90 Å². The van der Waals surface area contributed by atoms with Crippen LogP contribution in [0.25, 0.3) is 6.08 Å². The molecular formula is C20H27NO4. The molecule has 1 amide bonds. The smallest absolute Gasteiger partial charge is 0.307 e. The number of esters is 1. The number of amides is 1. The summed E-state index contributed by atoms with van der Waals surface area (Å²) >= 11 is 0. The average molecular weight is 345 g/mol. The molecular weight excluding hydrogens is 318 g/mol. The molecule has 5 nitrogen and oxygen atoms in total. The summed E-state index contributed by atoms with van der Waals surface area (Å²) in [5, 5.41) is 0. The highest BCUT2D eigenvalue weighted by Crippen LogP contribution is 2.24. The summed E-state index contributed by atoms with van der Waals surface area (Å²) in [5.74, 6) is 0.443. The number of nitrogens with zero attached hydrogens (tertiary/aromatic N) is 1. The van der Waals surface area contributed by atoms with Gasteiger partial charge in [0.2, 0.25) is 5.91 Å². The van der Waals surface area contributed by atoms with Gasteiger partial charge in [-0.05, 0) is 43.5 Å². The maximum Gasteiger partial charge on any atom is 0.307 e. The Balaban J connectivity index is 2.03. The number of carbonyl (C=O) groups is 2. The second-order valence-corrected chi connectivity index (χ2v) is 6.13. The highest BCUT2D eigenvalue weighted by molar-refractivity contribution is 5.92. The van der Waals surface area contributed by atoms with Gasteiger partial charge in [0.1, 0.15) is 5.75 Å². The lowest BCUT2D eigenvalue weighted by Crippen LogP contribution is -2.39. The first-order chi connectivity index (χ1) is 12.1. The second kappa shape index (κ2) is 9.87. The largest absolute Gasteiger partial charge is 0.497 e. The Morgan fingerprint density at radius 3 is 2.72 bits per heavy atom. The number of hydrogen-bond donors (Lipinski definition) is 0. The van der Waals surface area contributed by atoms with Crippen molar-refractivity contribution in [2.24, 2.45) is 0 Å². The number of benzene rings is 1. The zero-order chi connectivity index (χ0) is 18.1. The first-order valence-electron chi connectivity index (χ1n) is 8.92. The van der Waals surface area contributed by atoms with Crippen LogP contribution in [0, 0.1) is 0 Å². The van der Waals surface area contributed by atoms with E-state index in [0.29, 0.717) is 13.2 Å². The normalized spacial score (nSPS) is 14.6. The highest BCUT2D eigenvalue weighted by Gasteiger charge is 2.25. The van der Waals surface area contributed by atoms with Gasteiger partial charge in [0.05, 0.1) is 20.1 Å². The molecule has 5 heteroatoms. The van der Waals surface area contributed by atoms with Crippen molar-refractivity contribution in [3.05, 3.63) is 35.9 Å². The zero-order valence-corrected chi connectivity index (χ0v) is 15.1. The summed E-state index contributed by atoms with van der Waals surface area (Å²) in [5.41, 5.74) is 0.907. The molecule has 0 bridgehead atoms. The predicted molar refractivity (Wildman–Crippen MR) is 97.2 cm³/mol. The second-order valence-electron chi connectivity index (χ2n) is 6.13. The predicted octanol–water partition coefficient (Wildman–Crippen LogP) is 3.43. The first-order valence-corrected chi connectivity index (χ1v) is 8.92. The molecule has 0 heterocycles. The monoisotopic (exact) mass is 345 g/mol. The minimum atomic E-state index is -0.255. The van der Waals surface area contributed by atoms with E-state index < -0.39 is 0 Å². The lowest BCUT2D eigenvalue weighted by molar-refractivity contribution is -0.144. The highest BCUT2D eigenvalue weighted by atomic mass is 16.5. The molecule has 0 spiro atoms. The molecule has 1 fully saturated rings. The lowest BCUT2D eigenvalue weighted by Gasteiger charge is -2.27. The summed E-state index contributed by atoms with van der Waals surface area (Å²) < 4.78 is 10.2. The van der Waals surface area contributed by atoms with Crippen LogP contribution < -0.4 is 4.74 Å². The summed E-state index contributed by atoms with van der Waals surface area (Å²) in [6.07, 6.45) is 7.88. The van der Waals surface area contributed by atoms with Crippen molar-refractivity contribution in [1.29, 1.82) is 0 Å². The van der Waals surface area contributed by atoms with Crippen LogP contribution >= 0.6 is 0 Å². The van der Waals surface area contributed by atoms with E-state index in [9.17, 15) is 9.59 Å². The molecule has 0 aliphatic heterocycles. The molecule has 1 saturated carbocycles. The molecule has 1 aliphatic rings. The van der Waals surface area contributed by atoms with Crippen LogP contribution in [0.3, 0.4) is 0 Å². The van der Waals surface area contributed by atoms with Gasteiger partial charge in [0.25, 0.3) is 0 Å². The Kier molecular flexibility index (Phi) is 7.51. The molecule has 0 aromatic heterocycles. The minimum Gasteiger partial charge on any atom is -0.497 e. The Bertz CT molecular complexity index is 605. The molecule has 0 N–H and O–H groups in total. The number of hydrogen-bond acceptors (Lipinski definition) is 4. The summed E-state index contributed by atoms with van der Waals surface area (Å²) in [4.78, 5) is 26.1. The molecule has 0 saturated heterocycles. The van der Waals surface area contributed by atoms with Gasteiger partial charge in [-0.2, -0.15) is 0 Å². The van der Waals surface area contributed by atoms with Gasteiger partial charge in [-0.25, -0.2) is 0 Å². The fourth-order valence-corrected chi connectivity index (χ4v) is 3.14. The number of rotatable bonds is 8. The van der Waals surface area contributed by atoms with Gasteiger partial charge >= 0.3 is 5.97 Å². The van der Waals surface area contributed by atoms with Crippen LogP contribution in [0.15, 0.2) is 30.3 Å². The standard InChI is InChI=1S/C20H27NO4/c1-3-25-20(23)13-14-21(17-8-4-5-9-17)19(22)12-11-16-7-6-10-18(15-16)24-2/h6-7,10-12,15,17H,3-5,8-9,13-14H2,1-2H3/b12-11+. The molecule has 0 unspecified atom stereocenters. The SMILES string of the molecule is CCOC(=O)CCN(C(=O)/C=C/c1cccc(OC)c1)C1CCCC1. The number of methoxy groups -OCH3 is 1. The topological polar surface area (TPSA) is 55.8 Å². The maximum atomic E-state index is 12.7. The zero-order valence-electron chi connectivity index (χ0n) is 15.1. The van der Waals surface area contributed by atoms with Crippen LogP contribution in [-0.4, -0.2) is 43.1 Å².